The van der Waals surface area contributed by atoms with Crippen molar-refractivity contribution in [3.63, 3.8) is 0 Å². The third-order valence-corrected chi connectivity index (χ3v) is 3.71. The first-order chi connectivity index (χ1) is 10.0. The smallest absolute Gasteiger partial charge is 0.307 e. The highest BCUT2D eigenvalue weighted by molar-refractivity contribution is 6.29. The summed E-state index contributed by atoms with van der Waals surface area (Å²) in [7, 11) is 0. The van der Waals surface area contributed by atoms with Crippen LogP contribution in [0.4, 0.5) is 0 Å². The van der Waals surface area contributed by atoms with Crippen LogP contribution in [-0.4, -0.2) is 22.6 Å². The lowest BCUT2D eigenvalue weighted by Gasteiger charge is -2.21. The molecule has 21 heavy (non-hydrogen) atoms. The van der Waals surface area contributed by atoms with Gasteiger partial charge in [0.25, 0.3) is 0 Å². The van der Waals surface area contributed by atoms with E-state index >= 15 is 0 Å². The van der Waals surface area contributed by atoms with E-state index in [-0.39, 0.29) is 29.1 Å². The summed E-state index contributed by atoms with van der Waals surface area (Å²) in [5.74, 6) is -1.52. The van der Waals surface area contributed by atoms with E-state index in [1.807, 2.05) is 0 Å². The van der Waals surface area contributed by atoms with Crippen molar-refractivity contribution in [2.75, 3.05) is 0 Å². The maximum Gasteiger partial charge on any atom is 0.307 e. The van der Waals surface area contributed by atoms with E-state index in [1.165, 1.54) is 0 Å². The molecule has 2 aromatic carbocycles. The summed E-state index contributed by atoms with van der Waals surface area (Å²) < 4.78 is 0. The monoisotopic (exact) mass is 280 g/mol. The number of rotatable bonds is 2. The molecule has 0 aliphatic heterocycles. The highest BCUT2D eigenvalue weighted by atomic mass is 16.4. The molecule has 1 aliphatic carbocycles. The number of benzene rings is 2. The Bertz CT molecular complexity index is 802. The minimum Gasteiger partial charge on any atom is -0.481 e. The molecule has 2 aromatic rings. The van der Waals surface area contributed by atoms with Gasteiger partial charge >= 0.3 is 5.97 Å². The zero-order valence-corrected chi connectivity index (χ0v) is 11.3. The second-order valence-corrected chi connectivity index (χ2v) is 5.07. The highest BCUT2D eigenvalue weighted by Gasteiger charge is 2.32. The number of hydrogen-bond acceptors (Lipinski definition) is 3. The Labute approximate surface area is 121 Å². The highest BCUT2D eigenvalue weighted by Crippen LogP contribution is 2.31. The minimum absolute atomic E-state index is 0.226. The average Bonchev–Trinajstić information content (AvgIpc) is 2.43. The summed E-state index contributed by atoms with van der Waals surface area (Å²) in [5.41, 5.74) is 2.39. The maximum atomic E-state index is 12.7. The van der Waals surface area contributed by atoms with Crippen LogP contribution in [0.15, 0.2) is 36.4 Å². The number of hydrogen-bond donors (Lipinski definition) is 1. The number of aryl methyl sites for hydroxylation is 1. The molecule has 0 atom stereocenters. The molecule has 0 radical (unpaired) electrons. The van der Waals surface area contributed by atoms with Crippen molar-refractivity contribution < 1.29 is 19.5 Å². The molecule has 0 unspecified atom stereocenters. The molecule has 0 spiro atoms. The third-order valence-electron chi connectivity index (χ3n) is 3.71. The number of carbonyl (C=O) groups is 3. The molecule has 1 N–H and O–H groups in total. The van der Waals surface area contributed by atoms with Crippen molar-refractivity contribution >= 4 is 17.5 Å². The predicted octanol–water partition coefficient (Wildman–Crippen LogP) is 2.40. The van der Waals surface area contributed by atoms with E-state index in [9.17, 15) is 14.4 Å². The lowest BCUT2D eigenvalue weighted by Crippen LogP contribution is -2.24. The largest absolute Gasteiger partial charge is 0.481 e. The van der Waals surface area contributed by atoms with E-state index in [0.29, 0.717) is 16.7 Å². The van der Waals surface area contributed by atoms with Crippen LogP contribution in [0, 0.1) is 6.92 Å². The molecular formula is C17H12O4. The van der Waals surface area contributed by atoms with Crippen LogP contribution in [0.25, 0.3) is 0 Å². The van der Waals surface area contributed by atoms with Crippen molar-refractivity contribution in [3.8, 4) is 0 Å². The lowest BCUT2D eigenvalue weighted by molar-refractivity contribution is -0.136. The molecule has 0 amide bonds. The van der Waals surface area contributed by atoms with Crippen LogP contribution in [0.1, 0.15) is 43.0 Å². The van der Waals surface area contributed by atoms with E-state index in [1.54, 1.807) is 43.3 Å². The van der Waals surface area contributed by atoms with Crippen molar-refractivity contribution in [2.45, 2.75) is 13.3 Å². The lowest BCUT2D eigenvalue weighted by atomic mass is 9.79. The van der Waals surface area contributed by atoms with Gasteiger partial charge < -0.3 is 5.11 Å². The fraction of sp³-hybridized carbons (Fsp3) is 0.118. The van der Waals surface area contributed by atoms with Crippen molar-refractivity contribution in [3.05, 3.63) is 69.8 Å². The minimum atomic E-state index is -1.03. The molecule has 1 aliphatic rings. The summed E-state index contributed by atoms with van der Waals surface area (Å²) >= 11 is 0. The molecule has 0 saturated carbocycles. The second kappa shape index (κ2) is 4.66. The number of ketones is 2. The molecular weight excluding hydrogens is 268 g/mol. The van der Waals surface area contributed by atoms with Crippen molar-refractivity contribution in [1.29, 1.82) is 0 Å². The Morgan fingerprint density at radius 3 is 2.24 bits per heavy atom. The Balaban J connectivity index is 2.29. The molecule has 0 heterocycles. The Morgan fingerprint density at radius 2 is 1.57 bits per heavy atom. The first-order valence-corrected chi connectivity index (χ1v) is 6.53. The molecule has 0 fully saturated rings. The average molecular weight is 280 g/mol. The maximum absolute atomic E-state index is 12.7. The standard InChI is InChI=1S/C17H12O4/c1-9-4-2-6-11-14(9)17(21)15-10(8-13(18)19)5-3-7-12(15)16(11)20/h2-7H,8H2,1H3,(H,18,19). The number of carbonyl (C=O) groups excluding carboxylic acids is 2. The van der Waals surface area contributed by atoms with E-state index in [0.717, 1.165) is 5.56 Å². The number of carboxylic acids is 1. The SMILES string of the molecule is Cc1cccc2c1C(=O)c1c(CC(=O)O)cccc1C2=O. The van der Waals surface area contributed by atoms with Gasteiger partial charge in [0.2, 0.25) is 0 Å². The molecule has 0 aromatic heterocycles. The van der Waals surface area contributed by atoms with E-state index in [4.69, 9.17) is 5.11 Å². The third kappa shape index (κ3) is 1.96. The zero-order valence-electron chi connectivity index (χ0n) is 11.3. The van der Waals surface area contributed by atoms with Gasteiger partial charge in [0, 0.05) is 22.3 Å². The quantitative estimate of drug-likeness (QED) is 0.782. The second-order valence-electron chi connectivity index (χ2n) is 5.07. The van der Waals surface area contributed by atoms with Gasteiger partial charge in [0.1, 0.15) is 0 Å². The van der Waals surface area contributed by atoms with Gasteiger partial charge in [-0.3, -0.25) is 14.4 Å². The normalized spacial score (nSPS) is 12.8. The topological polar surface area (TPSA) is 71.4 Å². The van der Waals surface area contributed by atoms with Gasteiger partial charge in [-0.1, -0.05) is 36.4 Å². The molecule has 3 rings (SSSR count). The number of carboxylic acid groups (broad SMARTS) is 1. The molecule has 0 bridgehead atoms. The Kier molecular flexibility index (Phi) is 2.94. The zero-order chi connectivity index (χ0) is 15.1. The molecule has 0 saturated heterocycles. The summed E-state index contributed by atoms with van der Waals surface area (Å²) in [5, 5.41) is 8.97. The predicted molar refractivity (Wildman–Crippen MR) is 75.8 cm³/mol. The summed E-state index contributed by atoms with van der Waals surface area (Å²) in [6.45, 7) is 1.77. The van der Waals surface area contributed by atoms with Crippen LogP contribution >= 0.6 is 0 Å². The van der Waals surface area contributed by atoms with Crippen molar-refractivity contribution in [2.24, 2.45) is 0 Å². The summed E-state index contributed by atoms with van der Waals surface area (Å²) in [4.78, 5) is 36.2. The van der Waals surface area contributed by atoms with Crippen LogP contribution in [0.5, 0.6) is 0 Å². The molecule has 4 nitrogen and oxygen atoms in total. The van der Waals surface area contributed by atoms with Crippen LogP contribution in [-0.2, 0) is 11.2 Å². The van der Waals surface area contributed by atoms with Gasteiger partial charge in [0.05, 0.1) is 6.42 Å². The Hall–Kier alpha value is -2.75. The van der Waals surface area contributed by atoms with E-state index in [2.05, 4.69) is 0 Å². The van der Waals surface area contributed by atoms with Crippen LogP contribution < -0.4 is 0 Å². The molecule has 4 heteroatoms. The van der Waals surface area contributed by atoms with Crippen molar-refractivity contribution in [1.82, 2.24) is 0 Å². The van der Waals surface area contributed by atoms with Gasteiger partial charge in [-0.25, -0.2) is 0 Å². The number of aliphatic carboxylic acids is 1. The first kappa shape index (κ1) is 13.2. The van der Waals surface area contributed by atoms with Gasteiger partial charge in [0.15, 0.2) is 11.6 Å². The fourth-order valence-electron chi connectivity index (χ4n) is 2.80. The Morgan fingerprint density at radius 1 is 0.952 bits per heavy atom. The first-order valence-electron chi connectivity index (χ1n) is 6.53. The summed E-state index contributed by atoms with van der Waals surface area (Å²) in [6, 6.07) is 9.92. The molecule has 104 valence electrons. The van der Waals surface area contributed by atoms with Gasteiger partial charge in [-0.2, -0.15) is 0 Å². The van der Waals surface area contributed by atoms with E-state index < -0.39 is 5.97 Å². The van der Waals surface area contributed by atoms with Gasteiger partial charge in [-0.05, 0) is 18.1 Å². The van der Waals surface area contributed by atoms with Gasteiger partial charge in [-0.15, -0.1) is 0 Å². The summed E-state index contributed by atoms with van der Waals surface area (Å²) in [6.07, 6.45) is -0.274. The number of fused-ring (bicyclic) bond motifs is 2. The van der Waals surface area contributed by atoms with Crippen LogP contribution in [0.2, 0.25) is 0 Å². The van der Waals surface area contributed by atoms with Crippen LogP contribution in [0.3, 0.4) is 0 Å². The fourth-order valence-corrected chi connectivity index (χ4v) is 2.80.